The molecule has 2 heterocycles. The molecule has 1 N–H and O–H groups in total. The summed E-state index contributed by atoms with van der Waals surface area (Å²) in [7, 11) is 0. The Kier molecular flexibility index (Phi) is 3.94. The first-order valence-corrected chi connectivity index (χ1v) is 6.37. The zero-order valence-corrected chi connectivity index (χ0v) is 11.1. The van der Waals surface area contributed by atoms with E-state index >= 15 is 0 Å². The second kappa shape index (κ2) is 5.65. The average Bonchev–Trinajstić information content (AvgIpc) is 2.81. The van der Waals surface area contributed by atoms with Crippen LogP contribution in [0.5, 0.6) is 0 Å². The van der Waals surface area contributed by atoms with Crippen molar-refractivity contribution in [3.8, 4) is 0 Å². The number of hydrogen-bond acceptors (Lipinski definition) is 3. The van der Waals surface area contributed by atoms with Crippen molar-refractivity contribution in [1.29, 1.82) is 0 Å². The van der Waals surface area contributed by atoms with E-state index in [1.807, 2.05) is 10.7 Å². The number of carbonyl (C=O) groups is 1. The van der Waals surface area contributed by atoms with Gasteiger partial charge in [-0.25, -0.2) is 9.78 Å². The predicted octanol–water partition coefficient (Wildman–Crippen LogP) is 2.15. The maximum atomic E-state index is 10.9. The van der Waals surface area contributed by atoms with Crippen LogP contribution >= 0.6 is 0 Å². The molecule has 0 aliphatic rings. The van der Waals surface area contributed by atoms with Crippen molar-refractivity contribution < 1.29 is 9.90 Å². The van der Waals surface area contributed by atoms with E-state index in [2.05, 4.69) is 30.0 Å². The monoisotopic (exact) mass is 259 g/mol. The molecular formula is C14H17N3O2. The Labute approximate surface area is 111 Å². The second-order valence-corrected chi connectivity index (χ2v) is 4.35. The molecule has 0 aromatic carbocycles. The molecule has 0 fully saturated rings. The normalized spacial score (nSPS) is 10.6. The van der Waals surface area contributed by atoms with Crippen LogP contribution in [0.15, 0.2) is 24.4 Å². The van der Waals surface area contributed by atoms with Crippen molar-refractivity contribution in [2.24, 2.45) is 0 Å². The maximum absolute atomic E-state index is 10.9. The lowest BCUT2D eigenvalue weighted by Crippen LogP contribution is -2.08. The summed E-state index contributed by atoms with van der Waals surface area (Å²) in [5.41, 5.74) is 3.18. The SMILES string of the molecule is CCc1cc(CC)n(Cc2ccnc(C(=O)O)c2)n1. The third-order valence-electron chi connectivity index (χ3n) is 3.01. The third kappa shape index (κ3) is 2.99. The molecule has 5 heteroatoms. The van der Waals surface area contributed by atoms with E-state index in [0.29, 0.717) is 6.54 Å². The van der Waals surface area contributed by atoms with Crippen LogP contribution in [0.2, 0.25) is 0 Å². The van der Waals surface area contributed by atoms with Crippen LogP contribution in [-0.2, 0) is 19.4 Å². The van der Waals surface area contributed by atoms with Gasteiger partial charge in [-0.05, 0) is 36.6 Å². The largest absolute Gasteiger partial charge is 0.477 e. The molecule has 2 rings (SSSR count). The lowest BCUT2D eigenvalue weighted by Gasteiger charge is -2.06. The van der Waals surface area contributed by atoms with Crippen molar-refractivity contribution in [2.75, 3.05) is 0 Å². The van der Waals surface area contributed by atoms with Gasteiger partial charge in [0.25, 0.3) is 0 Å². The fourth-order valence-electron chi connectivity index (χ4n) is 1.97. The Morgan fingerprint density at radius 3 is 2.74 bits per heavy atom. The average molecular weight is 259 g/mol. The number of rotatable bonds is 5. The van der Waals surface area contributed by atoms with Crippen LogP contribution < -0.4 is 0 Å². The van der Waals surface area contributed by atoms with Gasteiger partial charge in [0.2, 0.25) is 0 Å². The van der Waals surface area contributed by atoms with Crippen LogP contribution in [0.25, 0.3) is 0 Å². The van der Waals surface area contributed by atoms with E-state index in [-0.39, 0.29) is 5.69 Å². The Hall–Kier alpha value is -2.17. The van der Waals surface area contributed by atoms with E-state index < -0.39 is 5.97 Å². The first-order valence-electron chi connectivity index (χ1n) is 6.37. The second-order valence-electron chi connectivity index (χ2n) is 4.35. The molecule has 0 bridgehead atoms. The van der Waals surface area contributed by atoms with Gasteiger partial charge in [-0.2, -0.15) is 5.10 Å². The van der Waals surface area contributed by atoms with E-state index in [1.165, 1.54) is 6.20 Å². The number of aromatic nitrogens is 3. The van der Waals surface area contributed by atoms with E-state index in [9.17, 15) is 4.79 Å². The van der Waals surface area contributed by atoms with Crippen LogP contribution in [0.1, 0.15) is 41.3 Å². The van der Waals surface area contributed by atoms with E-state index in [1.54, 1.807) is 6.07 Å². The summed E-state index contributed by atoms with van der Waals surface area (Å²) in [6.45, 7) is 4.73. The molecule has 0 amide bonds. The first-order chi connectivity index (χ1) is 9.13. The van der Waals surface area contributed by atoms with E-state index in [0.717, 1.165) is 29.8 Å². The summed E-state index contributed by atoms with van der Waals surface area (Å²) in [6, 6.07) is 5.51. The standard InChI is InChI=1S/C14H17N3O2/c1-3-11-8-12(4-2)17(16-11)9-10-5-6-15-13(7-10)14(18)19/h5-8H,3-4,9H2,1-2H3,(H,18,19). The number of carboxylic acid groups (broad SMARTS) is 1. The lowest BCUT2D eigenvalue weighted by molar-refractivity contribution is 0.0690. The Balaban J connectivity index is 2.27. The Morgan fingerprint density at radius 1 is 1.32 bits per heavy atom. The molecule has 0 aliphatic heterocycles. The summed E-state index contributed by atoms with van der Waals surface area (Å²) in [5.74, 6) is -1.01. The summed E-state index contributed by atoms with van der Waals surface area (Å²) in [5, 5.41) is 13.5. The van der Waals surface area contributed by atoms with Gasteiger partial charge in [0.1, 0.15) is 5.69 Å². The molecule has 5 nitrogen and oxygen atoms in total. The minimum absolute atomic E-state index is 0.0680. The fourth-order valence-corrected chi connectivity index (χ4v) is 1.97. The van der Waals surface area contributed by atoms with Crippen molar-refractivity contribution in [3.05, 3.63) is 47.0 Å². The molecule has 2 aromatic rings. The van der Waals surface area contributed by atoms with Crippen LogP contribution in [0.4, 0.5) is 0 Å². The van der Waals surface area contributed by atoms with Crippen molar-refractivity contribution >= 4 is 5.97 Å². The number of aromatic carboxylic acids is 1. The Bertz CT molecular complexity index is 590. The quantitative estimate of drug-likeness (QED) is 0.893. The van der Waals surface area contributed by atoms with Gasteiger partial charge >= 0.3 is 5.97 Å². The van der Waals surface area contributed by atoms with Gasteiger partial charge in [0.15, 0.2) is 0 Å². The Morgan fingerprint density at radius 2 is 2.11 bits per heavy atom. The number of hydrogen-bond donors (Lipinski definition) is 1. The molecule has 0 radical (unpaired) electrons. The highest BCUT2D eigenvalue weighted by molar-refractivity contribution is 5.85. The van der Waals surface area contributed by atoms with Crippen molar-refractivity contribution in [3.63, 3.8) is 0 Å². The summed E-state index contributed by atoms with van der Waals surface area (Å²) in [6.07, 6.45) is 3.33. The smallest absolute Gasteiger partial charge is 0.354 e. The van der Waals surface area contributed by atoms with Gasteiger partial charge in [0, 0.05) is 11.9 Å². The number of aryl methyl sites for hydroxylation is 2. The fraction of sp³-hybridized carbons (Fsp3) is 0.357. The molecular weight excluding hydrogens is 242 g/mol. The van der Waals surface area contributed by atoms with Crippen LogP contribution in [-0.4, -0.2) is 25.8 Å². The van der Waals surface area contributed by atoms with Gasteiger partial charge in [-0.1, -0.05) is 13.8 Å². The maximum Gasteiger partial charge on any atom is 0.354 e. The summed E-state index contributed by atoms with van der Waals surface area (Å²) in [4.78, 5) is 14.7. The minimum Gasteiger partial charge on any atom is -0.477 e. The van der Waals surface area contributed by atoms with Crippen LogP contribution in [0.3, 0.4) is 0 Å². The highest BCUT2D eigenvalue weighted by atomic mass is 16.4. The highest BCUT2D eigenvalue weighted by Crippen LogP contribution is 2.10. The predicted molar refractivity (Wildman–Crippen MR) is 71.3 cm³/mol. The minimum atomic E-state index is -1.01. The number of pyridine rings is 1. The molecule has 0 atom stereocenters. The molecule has 0 spiro atoms. The molecule has 0 saturated heterocycles. The molecule has 100 valence electrons. The van der Waals surface area contributed by atoms with Gasteiger partial charge in [-0.15, -0.1) is 0 Å². The first kappa shape index (κ1) is 13.3. The molecule has 0 unspecified atom stereocenters. The summed E-state index contributed by atoms with van der Waals surface area (Å²) < 4.78 is 1.93. The van der Waals surface area contributed by atoms with Crippen LogP contribution in [0, 0.1) is 0 Å². The zero-order valence-electron chi connectivity index (χ0n) is 11.1. The van der Waals surface area contributed by atoms with E-state index in [4.69, 9.17) is 5.11 Å². The number of carboxylic acids is 1. The molecule has 0 aliphatic carbocycles. The highest BCUT2D eigenvalue weighted by Gasteiger charge is 2.08. The van der Waals surface area contributed by atoms with Gasteiger partial charge in [0.05, 0.1) is 12.2 Å². The zero-order chi connectivity index (χ0) is 13.8. The molecule has 0 saturated carbocycles. The number of nitrogens with zero attached hydrogens (tertiary/aromatic N) is 3. The summed E-state index contributed by atoms with van der Waals surface area (Å²) >= 11 is 0. The lowest BCUT2D eigenvalue weighted by atomic mass is 10.2. The molecule has 2 aromatic heterocycles. The van der Waals surface area contributed by atoms with Gasteiger partial charge in [-0.3, -0.25) is 4.68 Å². The van der Waals surface area contributed by atoms with Crippen molar-refractivity contribution in [1.82, 2.24) is 14.8 Å². The molecule has 19 heavy (non-hydrogen) atoms. The van der Waals surface area contributed by atoms with Crippen molar-refractivity contribution in [2.45, 2.75) is 33.2 Å². The van der Waals surface area contributed by atoms with Gasteiger partial charge < -0.3 is 5.11 Å². The topological polar surface area (TPSA) is 68.0 Å². The third-order valence-corrected chi connectivity index (χ3v) is 3.01.